The summed E-state index contributed by atoms with van der Waals surface area (Å²) in [7, 11) is 0. The first kappa shape index (κ1) is 15.0. The number of carboxylic acid groups (broad SMARTS) is 2. The minimum Gasteiger partial charge on any atom is -0.481 e. The Morgan fingerprint density at radius 2 is 1.81 bits per heavy atom. The predicted octanol–water partition coefficient (Wildman–Crippen LogP) is 2.07. The lowest BCUT2D eigenvalue weighted by Crippen LogP contribution is -2.30. The molecule has 0 saturated heterocycles. The van der Waals surface area contributed by atoms with Gasteiger partial charge in [0.15, 0.2) is 0 Å². The van der Waals surface area contributed by atoms with Gasteiger partial charge in [-0.3, -0.25) is 9.59 Å². The first-order valence-electron chi connectivity index (χ1n) is 6.75. The molecule has 3 atom stereocenters. The molecule has 1 aliphatic rings. The Balaban J connectivity index is 2.12. The number of carbonyl (C=O) groups is 3. The molecule has 0 bridgehead atoms. The molecular formula is C15H17NO5. The number of hydrogen-bond acceptors (Lipinski definition) is 3. The number of nitrogens with one attached hydrogen (secondary N) is 1. The van der Waals surface area contributed by atoms with Gasteiger partial charge in [-0.2, -0.15) is 0 Å². The average Bonchev–Trinajstić information content (AvgIpc) is 2.81. The third-order valence-electron chi connectivity index (χ3n) is 3.83. The molecule has 1 aromatic carbocycles. The number of hydrogen-bond donors (Lipinski definition) is 3. The van der Waals surface area contributed by atoms with Crippen LogP contribution in [-0.2, 0) is 9.59 Å². The van der Waals surface area contributed by atoms with Crippen LogP contribution in [0.15, 0.2) is 24.3 Å². The van der Waals surface area contributed by atoms with Crippen molar-refractivity contribution in [3.63, 3.8) is 0 Å². The summed E-state index contributed by atoms with van der Waals surface area (Å²) in [6, 6.07) is 5.90. The molecule has 6 nitrogen and oxygen atoms in total. The first-order valence-corrected chi connectivity index (χ1v) is 6.75. The quantitative estimate of drug-likeness (QED) is 0.787. The highest BCUT2D eigenvalue weighted by molar-refractivity contribution is 5.97. The van der Waals surface area contributed by atoms with Gasteiger partial charge in [0.2, 0.25) is 5.91 Å². The zero-order valence-corrected chi connectivity index (χ0v) is 11.6. The molecule has 21 heavy (non-hydrogen) atoms. The van der Waals surface area contributed by atoms with Crippen LogP contribution in [0.25, 0.3) is 0 Å². The van der Waals surface area contributed by atoms with Gasteiger partial charge in [0, 0.05) is 5.69 Å². The first-order chi connectivity index (χ1) is 9.88. The van der Waals surface area contributed by atoms with Crippen LogP contribution in [0, 0.1) is 17.8 Å². The third-order valence-corrected chi connectivity index (χ3v) is 3.83. The van der Waals surface area contributed by atoms with Gasteiger partial charge in [0.1, 0.15) is 0 Å². The summed E-state index contributed by atoms with van der Waals surface area (Å²) in [6.45, 7) is 1.92. The van der Waals surface area contributed by atoms with Crippen molar-refractivity contribution < 1.29 is 24.6 Å². The van der Waals surface area contributed by atoms with Gasteiger partial charge in [0.05, 0.1) is 17.4 Å². The van der Waals surface area contributed by atoms with Crippen LogP contribution >= 0.6 is 0 Å². The molecule has 112 valence electrons. The Bertz CT molecular complexity index is 583. The van der Waals surface area contributed by atoms with Crippen LogP contribution in [0.4, 0.5) is 5.69 Å². The molecule has 2 rings (SSSR count). The second-order valence-corrected chi connectivity index (χ2v) is 5.50. The van der Waals surface area contributed by atoms with E-state index in [-0.39, 0.29) is 17.4 Å². The summed E-state index contributed by atoms with van der Waals surface area (Å²) in [5.74, 6) is -3.47. The maximum absolute atomic E-state index is 12.2. The van der Waals surface area contributed by atoms with E-state index in [1.54, 1.807) is 6.07 Å². The van der Waals surface area contributed by atoms with Gasteiger partial charge in [-0.05, 0) is 37.0 Å². The van der Waals surface area contributed by atoms with Gasteiger partial charge >= 0.3 is 11.9 Å². The molecule has 1 saturated carbocycles. The summed E-state index contributed by atoms with van der Waals surface area (Å²) in [5, 5.41) is 20.7. The minimum absolute atomic E-state index is 0.0716. The van der Waals surface area contributed by atoms with Crippen LogP contribution in [0.1, 0.15) is 30.1 Å². The molecule has 1 aromatic rings. The highest BCUT2D eigenvalue weighted by Crippen LogP contribution is 2.37. The lowest BCUT2D eigenvalue weighted by atomic mass is 9.95. The standard InChI is InChI=1S/C15H17NO5/c1-8-5-11(12(6-8)15(20)21)13(17)16-10-4-2-3-9(7-10)14(18)19/h2-4,7-8,11-12H,5-6H2,1H3,(H,16,17)(H,18,19)(H,20,21). The van der Waals surface area contributed by atoms with E-state index in [1.165, 1.54) is 18.2 Å². The van der Waals surface area contributed by atoms with Gasteiger partial charge in [-0.1, -0.05) is 13.0 Å². The van der Waals surface area contributed by atoms with Crippen LogP contribution in [0.2, 0.25) is 0 Å². The van der Waals surface area contributed by atoms with E-state index in [4.69, 9.17) is 5.11 Å². The monoisotopic (exact) mass is 291 g/mol. The highest BCUT2D eigenvalue weighted by atomic mass is 16.4. The molecule has 1 fully saturated rings. The SMILES string of the molecule is CC1CC(C(=O)O)C(C(=O)Nc2cccc(C(=O)O)c2)C1. The van der Waals surface area contributed by atoms with Crippen molar-refractivity contribution in [3.05, 3.63) is 29.8 Å². The maximum atomic E-state index is 12.2. The molecule has 0 spiro atoms. The zero-order valence-electron chi connectivity index (χ0n) is 11.6. The maximum Gasteiger partial charge on any atom is 0.335 e. The van der Waals surface area contributed by atoms with Gasteiger partial charge < -0.3 is 15.5 Å². The highest BCUT2D eigenvalue weighted by Gasteiger charge is 2.41. The summed E-state index contributed by atoms with van der Waals surface area (Å²) < 4.78 is 0. The lowest BCUT2D eigenvalue weighted by molar-refractivity contribution is -0.145. The van der Waals surface area contributed by atoms with E-state index in [0.717, 1.165) is 0 Å². The van der Waals surface area contributed by atoms with Crippen LogP contribution in [0.5, 0.6) is 0 Å². The number of carboxylic acids is 2. The number of aromatic carboxylic acids is 1. The van der Waals surface area contributed by atoms with Crippen LogP contribution < -0.4 is 5.32 Å². The fourth-order valence-electron chi connectivity index (χ4n) is 2.82. The Kier molecular flexibility index (Phi) is 4.26. The molecule has 3 N–H and O–H groups in total. The van der Waals surface area contributed by atoms with Crippen molar-refractivity contribution in [3.8, 4) is 0 Å². The van der Waals surface area contributed by atoms with Crippen LogP contribution in [0.3, 0.4) is 0 Å². The van der Waals surface area contributed by atoms with E-state index >= 15 is 0 Å². The second kappa shape index (κ2) is 5.95. The molecule has 1 aliphatic carbocycles. The molecular weight excluding hydrogens is 274 g/mol. The molecule has 0 heterocycles. The second-order valence-electron chi connectivity index (χ2n) is 5.50. The fraction of sp³-hybridized carbons (Fsp3) is 0.400. The van der Waals surface area contributed by atoms with E-state index in [1.807, 2.05) is 6.92 Å². The Morgan fingerprint density at radius 1 is 1.14 bits per heavy atom. The summed E-state index contributed by atoms with van der Waals surface area (Å²) in [5.41, 5.74) is 0.436. The molecule has 1 amide bonds. The largest absolute Gasteiger partial charge is 0.481 e. The minimum atomic E-state index is -1.08. The van der Waals surface area contributed by atoms with Gasteiger partial charge in [-0.25, -0.2) is 4.79 Å². The van der Waals surface area contributed by atoms with E-state index in [0.29, 0.717) is 18.5 Å². The summed E-state index contributed by atoms with van der Waals surface area (Å²) in [6.07, 6.45) is 1.02. The molecule has 6 heteroatoms. The van der Waals surface area contributed by atoms with Crippen molar-refractivity contribution in [1.29, 1.82) is 0 Å². The normalized spacial score (nSPS) is 24.5. The van der Waals surface area contributed by atoms with E-state index in [2.05, 4.69) is 5.32 Å². The number of aliphatic carboxylic acids is 1. The zero-order chi connectivity index (χ0) is 15.6. The fourth-order valence-corrected chi connectivity index (χ4v) is 2.82. The number of carbonyl (C=O) groups excluding carboxylic acids is 1. The van der Waals surface area contributed by atoms with Crippen molar-refractivity contribution in [2.75, 3.05) is 5.32 Å². The van der Waals surface area contributed by atoms with Crippen molar-refractivity contribution in [1.82, 2.24) is 0 Å². The lowest BCUT2D eigenvalue weighted by Gasteiger charge is -2.15. The van der Waals surface area contributed by atoms with Gasteiger partial charge in [-0.15, -0.1) is 0 Å². The van der Waals surface area contributed by atoms with Crippen molar-refractivity contribution in [2.24, 2.45) is 17.8 Å². The molecule has 0 radical (unpaired) electrons. The Morgan fingerprint density at radius 3 is 2.43 bits per heavy atom. The Hall–Kier alpha value is -2.37. The van der Waals surface area contributed by atoms with E-state index in [9.17, 15) is 19.5 Å². The summed E-state index contributed by atoms with van der Waals surface area (Å²) in [4.78, 5) is 34.3. The molecule has 0 aromatic heterocycles. The molecule has 0 aliphatic heterocycles. The number of rotatable bonds is 4. The predicted molar refractivity (Wildman–Crippen MR) is 75.0 cm³/mol. The average molecular weight is 291 g/mol. The molecule has 3 unspecified atom stereocenters. The number of amides is 1. The van der Waals surface area contributed by atoms with E-state index < -0.39 is 23.8 Å². The topological polar surface area (TPSA) is 104 Å². The Labute approximate surface area is 121 Å². The summed E-state index contributed by atoms with van der Waals surface area (Å²) >= 11 is 0. The van der Waals surface area contributed by atoms with Gasteiger partial charge in [0.25, 0.3) is 0 Å². The van der Waals surface area contributed by atoms with Crippen molar-refractivity contribution >= 4 is 23.5 Å². The number of benzene rings is 1. The van der Waals surface area contributed by atoms with Crippen LogP contribution in [-0.4, -0.2) is 28.1 Å². The van der Waals surface area contributed by atoms with Crippen molar-refractivity contribution in [2.45, 2.75) is 19.8 Å². The third kappa shape index (κ3) is 3.39. The number of anilines is 1. The smallest absolute Gasteiger partial charge is 0.335 e.